The molecule has 0 heterocycles. The van der Waals surface area contributed by atoms with Gasteiger partial charge in [-0.05, 0) is 50.6 Å². The van der Waals surface area contributed by atoms with Crippen LogP contribution in [-0.2, 0) is 4.79 Å². The Bertz CT molecular complexity index is 641. The molecule has 22 heavy (non-hydrogen) atoms. The number of nitrogens with one attached hydrogen (secondary N) is 1. The molecule has 2 aromatic carbocycles. The molecule has 0 saturated heterocycles. The lowest BCUT2D eigenvalue weighted by Crippen LogP contribution is -2.40. The molecule has 0 atom stereocenters. The van der Waals surface area contributed by atoms with Crippen LogP contribution in [0.2, 0.25) is 0 Å². The first-order chi connectivity index (χ1) is 10.5. The van der Waals surface area contributed by atoms with Crippen molar-refractivity contribution in [3.8, 4) is 0 Å². The maximum Gasteiger partial charge on any atom is 0.246 e. The molecule has 2 aromatic rings. The van der Waals surface area contributed by atoms with Crippen LogP contribution in [0.3, 0.4) is 0 Å². The zero-order chi connectivity index (χ0) is 16.1. The summed E-state index contributed by atoms with van der Waals surface area (Å²) >= 11 is 0. The number of hydrogen-bond donors (Lipinski definition) is 1. The zero-order valence-corrected chi connectivity index (χ0v) is 13.1. The van der Waals surface area contributed by atoms with E-state index in [-0.39, 0.29) is 24.3 Å². The number of anilines is 2. The summed E-state index contributed by atoms with van der Waals surface area (Å²) in [5, 5.41) is 2.99. The molecule has 0 aliphatic heterocycles. The Morgan fingerprint density at radius 1 is 1.18 bits per heavy atom. The van der Waals surface area contributed by atoms with Gasteiger partial charge >= 0.3 is 0 Å². The summed E-state index contributed by atoms with van der Waals surface area (Å²) in [5.41, 5.74) is 2.05. The summed E-state index contributed by atoms with van der Waals surface area (Å²) in [6, 6.07) is 14.5. The van der Waals surface area contributed by atoms with E-state index < -0.39 is 0 Å². The minimum Gasteiger partial charge on any atom is -0.376 e. The van der Waals surface area contributed by atoms with Gasteiger partial charge in [-0.2, -0.15) is 0 Å². The first-order valence-electron chi connectivity index (χ1n) is 7.36. The highest BCUT2D eigenvalue weighted by molar-refractivity contribution is 5.96. The number of nitrogens with zero attached hydrogens (tertiary/aromatic N) is 1. The number of carbonyl (C=O) groups is 1. The van der Waals surface area contributed by atoms with Crippen LogP contribution in [-0.4, -0.2) is 18.5 Å². The second kappa shape index (κ2) is 7.07. The van der Waals surface area contributed by atoms with E-state index in [1.54, 1.807) is 24.0 Å². The van der Waals surface area contributed by atoms with E-state index >= 15 is 0 Å². The Balaban J connectivity index is 2.07. The molecule has 0 aromatic heterocycles. The number of aryl methyl sites for hydroxylation is 1. The van der Waals surface area contributed by atoms with Gasteiger partial charge in [0.1, 0.15) is 5.82 Å². The van der Waals surface area contributed by atoms with Crippen molar-refractivity contribution in [2.75, 3.05) is 16.8 Å². The summed E-state index contributed by atoms with van der Waals surface area (Å²) in [5.74, 6) is -0.330. The minimum atomic E-state index is -0.277. The number of amides is 1. The van der Waals surface area contributed by atoms with Gasteiger partial charge in [0.25, 0.3) is 0 Å². The lowest BCUT2D eigenvalue weighted by molar-refractivity contribution is -0.117. The quantitative estimate of drug-likeness (QED) is 0.905. The van der Waals surface area contributed by atoms with Crippen molar-refractivity contribution in [2.24, 2.45) is 0 Å². The van der Waals surface area contributed by atoms with Crippen molar-refractivity contribution >= 4 is 17.3 Å². The molecule has 0 saturated carbocycles. The van der Waals surface area contributed by atoms with Gasteiger partial charge < -0.3 is 10.2 Å². The minimum absolute atomic E-state index is 0.0476. The van der Waals surface area contributed by atoms with E-state index in [0.29, 0.717) is 11.3 Å². The molecule has 116 valence electrons. The monoisotopic (exact) mass is 300 g/mol. The maximum atomic E-state index is 13.5. The number of halogens is 1. The molecule has 0 bridgehead atoms. The second-order valence-electron chi connectivity index (χ2n) is 5.51. The standard InChI is InChI=1S/C18H21FN2O/c1-13(2)21(16-7-5-4-6-8-16)18(22)12-20-15-10-9-14(3)17(19)11-15/h4-11,13,20H,12H2,1-3H3. The van der Waals surface area contributed by atoms with Crippen LogP contribution in [0, 0.1) is 12.7 Å². The van der Waals surface area contributed by atoms with Crippen LogP contribution in [0.5, 0.6) is 0 Å². The van der Waals surface area contributed by atoms with E-state index in [2.05, 4.69) is 5.32 Å². The lowest BCUT2D eigenvalue weighted by Gasteiger charge is -2.27. The van der Waals surface area contributed by atoms with Crippen molar-refractivity contribution in [2.45, 2.75) is 26.8 Å². The van der Waals surface area contributed by atoms with E-state index in [4.69, 9.17) is 0 Å². The third-order valence-electron chi connectivity index (χ3n) is 3.44. The predicted molar refractivity (Wildman–Crippen MR) is 88.7 cm³/mol. The number of para-hydroxylation sites is 1. The van der Waals surface area contributed by atoms with Crippen molar-refractivity contribution < 1.29 is 9.18 Å². The third kappa shape index (κ3) is 3.85. The smallest absolute Gasteiger partial charge is 0.246 e. The Morgan fingerprint density at radius 3 is 2.45 bits per heavy atom. The van der Waals surface area contributed by atoms with Crippen LogP contribution in [0.1, 0.15) is 19.4 Å². The molecule has 0 aliphatic rings. The number of carbonyl (C=O) groups excluding carboxylic acids is 1. The van der Waals surface area contributed by atoms with Crippen molar-refractivity contribution in [1.29, 1.82) is 0 Å². The summed E-state index contributed by atoms with van der Waals surface area (Å²) in [7, 11) is 0. The van der Waals surface area contributed by atoms with E-state index in [0.717, 1.165) is 5.69 Å². The van der Waals surface area contributed by atoms with Gasteiger partial charge in [-0.1, -0.05) is 24.3 Å². The van der Waals surface area contributed by atoms with Gasteiger partial charge in [0, 0.05) is 17.4 Å². The van der Waals surface area contributed by atoms with Gasteiger partial charge in [-0.3, -0.25) is 4.79 Å². The lowest BCUT2D eigenvalue weighted by atomic mass is 10.2. The van der Waals surface area contributed by atoms with E-state index in [9.17, 15) is 9.18 Å². The number of rotatable bonds is 5. The predicted octanol–water partition coefficient (Wildman–Crippen LogP) is 3.99. The Kier molecular flexibility index (Phi) is 5.15. The summed E-state index contributed by atoms with van der Waals surface area (Å²) in [6.07, 6.45) is 0. The van der Waals surface area contributed by atoms with Crippen molar-refractivity contribution in [1.82, 2.24) is 0 Å². The van der Waals surface area contributed by atoms with Crippen LogP contribution in [0.15, 0.2) is 48.5 Å². The average molecular weight is 300 g/mol. The molecule has 2 rings (SSSR count). The molecule has 3 nitrogen and oxygen atoms in total. The summed E-state index contributed by atoms with van der Waals surface area (Å²) in [4.78, 5) is 14.2. The number of benzene rings is 2. The Morgan fingerprint density at radius 2 is 1.86 bits per heavy atom. The maximum absolute atomic E-state index is 13.5. The summed E-state index contributed by atoms with van der Waals surface area (Å²) < 4.78 is 13.5. The van der Waals surface area contributed by atoms with Gasteiger partial charge in [-0.25, -0.2) is 4.39 Å². The molecule has 0 spiro atoms. The fraction of sp³-hybridized carbons (Fsp3) is 0.278. The second-order valence-corrected chi connectivity index (χ2v) is 5.51. The fourth-order valence-electron chi connectivity index (χ4n) is 2.28. The molecule has 0 unspecified atom stereocenters. The SMILES string of the molecule is Cc1ccc(NCC(=O)N(c2ccccc2)C(C)C)cc1F. The first kappa shape index (κ1) is 16.0. The largest absolute Gasteiger partial charge is 0.376 e. The van der Waals surface area contributed by atoms with Gasteiger partial charge in [0.05, 0.1) is 6.54 Å². The Labute approximate surface area is 130 Å². The van der Waals surface area contributed by atoms with E-state index in [1.807, 2.05) is 44.2 Å². The fourth-order valence-corrected chi connectivity index (χ4v) is 2.28. The van der Waals surface area contributed by atoms with Crippen molar-refractivity contribution in [3.05, 3.63) is 59.9 Å². The average Bonchev–Trinajstić information content (AvgIpc) is 2.49. The van der Waals surface area contributed by atoms with Gasteiger partial charge in [-0.15, -0.1) is 0 Å². The summed E-state index contributed by atoms with van der Waals surface area (Å²) in [6.45, 7) is 5.77. The van der Waals surface area contributed by atoms with Crippen molar-refractivity contribution in [3.63, 3.8) is 0 Å². The highest BCUT2D eigenvalue weighted by atomic mass is 19.1. The highest BCUT2D eigenvalue weighted by Gasteiger charge is 2.18. The molecule has 0 aliphatic carbocycles. The highest BCUT2D eigenvalue weighted by Crippen LogP contribution is 2.18. The Hall–Kier alpha value is -2.36. The van der Waals surface area contributed by atoms with Crippen LogP contribution in [0.25, 0.3) is 0 Å². The third-order valence-corrected chi connectivity index (χ3v) is 3.44. The van der Waals surface area contributed by atoms with Crippen LogP contribution < -0.4 is 10.2 Å². The van der Waals surface area contributed by atoms with Gasteiger partial charge in [0.15, 0.2) is 0 Å². The topological polar surface area (TPSA) is 32.3 Å². The normalized spacial score (nSPS) is 10.6. The molecule has 0 radical (unpaired) electrons. The molecule has 1 N–H and O–H groups in total. The molecular formula is C18H21FN2O. The molecule has 1 amide bonds. The van der Waals surface area contributed by atoms with Crippen LogP contribution >= 0.6 is 0 Å². The molecule has 4 heteroatoms. The molecular weight excluding hydrogens is 279 g/mol. The van der Waals surface area contributed by atoms with Gasteiger partial charge in [0.2, 0.25) is 5.91 Å². The van der Waals surface area contributed by atoms with Crippen LogP contribution in [0.4, 0.5) is 15.8 Å². The number of hydrogen-bond acceptors (Lipinski definition) is 2. The zero-order valence-electron chi connectivity index (χ0n) is 13.1. The van der Waals surface area contributed by atoms with E-state index in [1.165, 1.54) is 6.07 Å². The molecule has 0 fully saturated rings. The first-order valence-corrected chi connectivity index (χ1v) is 7.36.